The first-order valence-corrected chi connectivity index (χ1v) is 13.0. The maximum absolute atomic E-state index is 12.3. The number of primary amides is 1. The van der Waals surface area contributed by atoms with Gasteiger partial charge in [-0.2, -0.15) is 11.8 Å². The minimum atomic E-state index is -1.20. The maximum atomic E-state index is 12.3. The van der Waals surface area contributed by atoms with Crippen molar-refractivity contribution < 1.29 is 24.5 Å². The number of aliphatic hydroxyl groups excluding tert-OH is 1. The predicted molar refractivity (Wildman–Crippen MR) is 143 cm³/mol. The van der Waals surface area contributed by atoms with Crippen molar-refractivity contribution in [2.45, 2.75) is 25.2 Å². The van der Waals surface area contributed by atoms with Gasteiger partial charge in [-0.25, -0.2) is 0 Å². The van der Waals surface area contributed by atoms with E-state index in [0.717, 1.165) is 16.6 Å². The van der Waals surface area contributed by atoms with Crippen molar-refractivity contribution in [1.82, 2.24) is 9.88 Å². The van der Waals surface area contributed by atoms with E-state index in [1.807, 2.05) is 54.8 Å². The van der Waals surface area contributed by atoms with Crippen LogP contribution >= 0.6 is 11.8 Å². The van der Waals surface area contributed by atoms with Gasteiger partial charge in [-0.1, -0.05) is 42.5 Å². The van der Waals surface area contributed by atoms with Gasteiger partial charge in [0.1, 0.15) is 24.6 Å². The number of nitrogens with zero attached hydrogens (tertiary/aromatic N) is 1. The predicted octanol–water partition coefficient (Wildman–Crippen LogP) is 3.43. The molecular weight excluding hydrogens is 478 g/mol. The number of aliphatic carboxylic acids is 1. The summed E-state index contributed by atoms with van der Waals surface area (Å²) in [5.41, 5.74) is 8.89. The number of carbonyl (C=O) groups is 2. The average Bonchev–Trinajstić information content (AvgIpc) is 3.19. The van der Waals surface area contributed by atoms with E-state index in [2.05, 4.69) is 9.88 Å². The molecule has 0 spiro atoms. The molecule has 5 N–H and O–H groups in total. The van der Waals surface area contributed by atoms with Gasteiger partial charge in [0.25, 0.3) is 0 Å². The molecule has 4 aromatic rings. The monoisotopic (exact) mass is 507 g/mol. The molecule has 0 aliphatic heterocycles. The van der Waals surface area contributed by atoms with Crippen LogP contribution in [-0.2, 0) is 11.3 Å². The molecule has 3 aromatic carbocycles. The summed E-state index contributed by atoms with van der Waals surface area (Å²) >= 11 is 1.54. The van der Waals surface area contributed by atoms with Gasteiger partial charge in [0, 0.05) is 17.5 Å². The molecule has 9 heteroatoms. The first-order chi connectivity index (χ1) is 17.4. The maximum Gasteiger partial charge on any atom is 0.320 e. The average molecular weight is 508 g/mol. The van der Waals surface area contributed by atoms with Crippen molar-refractivity contribution in [2.24, 2.45) is 5.73 Å². The number of ether oxygens (including phenoxy) is 1. The molecule has 2 atom stereocenters. The first kappa shape index (κ1) is 25.6. The number of fused-ring (bicyclic) bond motifs is 3. The Hall–Kier alpha value is -3.53. The van der Waals surface area contributed by atoms with Crippen LogP contribution < -0.4 is 15.8 Å². The summed E-state index contributed by atoms with van der Waals surface area (Å²) in [5.74, 6) is -0.461. The third kappa shape index (κ3) is 5.48. The third-order valence-corrected chi connectivity index (χ3v) is 6.67. The molecule has 8 nitrogen and oxygen atoms in total. The van der Waals surface area contributed by atoms with Gasteiger partial charge in [0.2, 0.25) is 5.91 Å². The van der Waals surface area contributed by atoms with E-state index in [0.29, 0.717) is 40.8 Å². The molecular formula is C27H29N3O5S. The Morgan fingerprint density at radius 3 is 2.39 bits per heavy atom. The zero-order valence-electron chi connectivity index (χ0n) is 19.9. The van der Waals surface area contributed by atoms with Gasteiger partial charge in [0.15, 0.2) is 0 Å². The number of hydrogen-bond acceptors (Lipinski definition) is 6. The minimum absolute atomic E-state index is 0.174. The number of benzene rings is 3. The Kier molecular flexibility index (Phi) is 8.14. The van der Waals surface area contributed by atoms with E-state index in [-0.39, 0.29) is 6.61 Å². The summed E-state index contributed by atoms with van der Waals surface area (Å²) in [6.07, 6.45) is 1.07. The number of carbonyl (C=O) groups excluding carboxylic acids is 1. The molecule has 1 heterocycles. The molecule has 0 aliphatic carbocycles. The Morgan fingerprint density at radius 2 is 1.72 bits per heavy atom. The van der Waals surface area contributed by atoms with Crippen molar-refractivity contribution in [3.8, 4) is 5.75 Å². The van der Waals surface area contributed by atoms with E-state index in [1.54, 1.807) is 18.2 Å². The Bertz CT molecular complexity index is 1370. The second-order valence-electron chi connectivity index (χ2n) is 8.45. The summed E-state index contributed by atoms with van der Waals surface area (Å²) in [7, 11) is 0. The lowest BCUT2D eigenvalue weighted by molar-refractivity contribution is -0.140. The van der Waals surface area contributed by atoms with E-state index >= 15 is 0 Å². The topological polar surface area (TPSA) is 127 Å². The lowest BCUT2D eigenvalue weighted by atomic mass is 10.1. The molecule has 36 heavy (non-hydrogen) atoms. The van der Waals surface area contributed by atoms with Crippen LogP contribution in [0.2, 0.25) is 0 Å². The number of amides is 1. The SMILES string of the molecule is CSCC[C@H](NC(O)COc1cccc2c1c1c(C(N)=O)cccc1n2Cc1ccccc1)C(=O)O. The lowest BCUT2D eigenvalue weighted by Gasteiger charge is -2.19. The van der Waals surface area contributed by atoms with Crippen molar-refractivity contribution in [3.05, 3.63) is 77.9 Å². The van der Waals surface area contributed by atoms with Gasteiger partial charge in [-0.15, -0.1) is 0 Å². The highest BCUT2D eigenvalue weighted by atomic mass is 32.2. The molecule has 0 bridgehead atoms. The highest BCUT2D eigenvalue weighted by Crippen LogP contribution is 2.38. The van der Waals surface area contributed by atoms with Gasteiger partial charge in [-0.3, -0.25) is 14.9 Å². The number of aliphatic hydroxyl groups is 1. The Balaban J connectivity index is 1.72. The van der Waals surface area contributed by atoms with Gasteiger partial charge in [0.05, 0.1) is 16.4 Å². The van der Waals surface area contributed by atoms with Crippen molar-refractivity contribution in [2.75, 3.05) is 18.6 Å². The fourth-order valence-electron chi connectivity index (χ4n) is 4.38. The summed E-state index contributed by atoms with van der Waals surface area (Å²) in [6, 6.07) is 20.1. The quantitative estimate of drug-likeness (QED) is 0.216. The fraction of sp³-hybridized carbons (Fsp3) is 0.259. The van der Waals surface area contributed by atoms with Gasteiger partial charge < -0.3 is 25.3 Å². The molecule has 0 saturated heterocycles. The second kappa shape index (κ2) is 11.5. The van der Waals surface area contributed by atoms with Crippen LogP contribution in [0, 0.1) is 0 Å². The van der Waals surface area contributed by atoms with Gasteiger partial charge >= 0.3 is 5.97 Å². The third-order valence-electron chi connectivity index (χ3n) is 6.03. The van der Waals surface area contributed by atoms with Crippen molar-refractivity contribution in [1.29, 1.82) is 0 Å². The molecule has 188 valence electrons. The normalized spacial score (nSPS) is 13.1. The Labute approximate surface area is 213 Å². The van der Waals surface area contributed by atoms with Crippen LogP contribution in [0.1, 0.15) is 22.3 Å². The van der Waals surface area contributed by atoms with Crippen LogP contribution in [-0.4, -0.2) is 57.5 Å². The molecule has 0 fully saturated rings. The van der Waals surface area contributed by atoms with E-state index in [1.165, 1.54) is 11.8 Å². The highest BCUT2D eigenvalue weighted by molar-refractivity contribution is 7.98. The molecule has 0 aliphatic rings. The minimum Gasteiger partial charge on any atom is -0.489 e. The number of hydrogen-bond donors (Lipinski definition) is 4. The zero-order valence-corrected chi connectivity index (χ0v) is 20.7. The van der Waals surface area contributed by atoms with Crippen LogP contribution in [0.4, 0.5) is 0 Å². The Morgan fingerprint density at radius 1 is 1.03 bits per heavy atom. The highest BCUT2D eigenvalue weighted by Gasteiger charge is 2.22. The van der Waals surface area contributed by atoms with Crippen LogP contribution in [0.25, 0.3) is 21.8 Å². The molecule has 0 saturated carbocycles. The molecule has 1 unspecified atom stereocenters. The molecule has 0 radical (unpaired) electrons. The summed E-state index contributed by atoms with van der Waals surface area (Å²) < 4.78 is 8.10. The van der Waals surface area contributed by atoms with E-state index in [4.69, 9.17) is 10.5 Å². The number of aromatic nitrogens is 1. The number of carboxylic acid groups (broad SMARTS) is 1. The second-order valence-corrected chi connectivity index (χ2v) is 9.44. The summed E-state index contributed by atoms with van der Waals surface area (Å²) in [5, 5.41) is 24.0. The number of thioether (sulfide) groups is 1. The summed E-state index contributed by atoms with van der Waals surface area (Å²) in [6.45, 7) is 0.401. The zero-order chi connectivity index (χ0) is 25.7. The van der Waals surface area contributed by atoms with Crippen molar-refractivity contribution >= 4 is 45.4 Å². The lowest BCUT2D eigenvalue weighted by Crippen LogP contribution is -2.46. The standard InChI is InChI=1S/C27H29N3O5S/c1-36-14-13-19(27(33)34)29-23(31)16-35-22-12-6-11-21-25(22)24-18(26(28)32)9-5-10-20(24)30(21)15-17-7-3-2-4-8-17/h2-12,19,23,29,31H,13-16H2,1H3,(H2,28,32)(H,33,34)/t19-,23?/m0/s1. The number of nitrogens with two attached hydrogens (primary N) is 1. The largest absolute Gasteiger partial charge is 0.489 e. The number of nitrogens with one attached hydrogen (secondary N) is 1. The molecule has 4 rings (SSSR count). The van der Waals surface area contributed by atoms with E-state index in [9.17, 15) is 19.8 Å². The van der Waals surface area contributed by atoms with E-state index < -0.39 is 24.1 Å². The van der Waals surface area contributed by atoms with Crippen molar-refractivity contribution in [3.63, 3.8) is 0 Å². The van der Waals surface area contributed by atoms with Gasteiger partial charge in [-0.05, 0) is 48.3 Å². The number of carboxylic acids is 1. The van der Waals surface area contributed by atoms with Crippen LogP contribution in [0.5, 0.6) is 5.75 Å². The molecule has 1 amide bonds. The van der Waals surface area contributed by atoms with Crippen LogP contribution in [0.15, 0.2) is 66.7 Å². The smallest absolute Gasteiger partial charge is 0.320 e. The summed E-state index contributed by atoms with van der Waals surface area (Å²) in [4.78, 5) is 23.9. The first-order valence-electron chi connectivity index (χ1n) is 11.6. The fourth-order valence-corrected chi connectivity index (χ4v) is 4.85. The number of rotatable bonds is 12. The van der Waals surface area contributed by atoms with Crippen LogP contribution in [0.3, 0.4) is 0 Å². The molecule has 1 aromatic heterocycles.